The molecule has 1 heterocycles. The van der Waals surface area contributed by atoms with Crippen LogP contribution in [0.4, 0.5) is 19.0 Å². The molecule has 1 rings (SSSR count). The van der Waals surface area contributed by atoms with Crippen molar-refractivity contribution in [2.45, 2.75) is 12.6 Å². The Kier molecular flexibility index (Phi) is 4.94. The minimum absolute atomic E-state index is 0.0749. The third kappa shape index (κ3) is 4.17. The van der Waals surface area contributed by atoms with E-state index < -0.39 is 11.7 Å². The highest BCUT2D eigenvalue weighted by molar-refractivity contribution is 9.10. The Hall–Kier alpha value is -1.31. The van der Waals surface area contributed by atoms with Gasteiger partial charge in [0.2, 0.25) is 5.91 Å². The molecule has 0 saturated heterocycles. The van der Waals surface area contributed by atoms with E-state index in [1.807, 2.05) is 0 Å². The molecule has 8 heteroatoms. The van der Waals surface area contributed by atoms with Crippen LogP contribution >= 0.6 is 15.9 Å². The molecular formula is C10H11BrF3N3O. The van der Waals surface area contributed by atoms with Crippen molar-refractivity contribution in [3.8, 4) is 0 Å². The lowest BCUT2D eigenvalue weighted by Crippen LogP contribution is -2.22. The van der Waals surface area contributed by atoms with Crippen molar-refractivity contribution in [2.24, 2.45) is 0 Å². The van der Waals surface area contributed by atoms with Gasteiger partial charge in [0.15, 0.2) is 0 Å². The van der Waals surface area contributed by atoms with Crippen LogP contribution in [-0.4, -0.2) is 24.5 Å². The maximum Gasteiger partial charge on any atom is 0.419 e. The standard InChI is InChI=1S/C10H11BrF3N3O/c1-15-8(18)2-3-16-9-7(10(12,13)14)4-6(11)5-17-9/h4-5H,2-3H2,1H3,(H,15,18)(H,16,17). The van der Waals surface area contributed by atoms with Crippen molar-refractivity contribution in [2.75, 3.05) is 18.9 Å². The molecule has 1 amide bonds. The van der Waals surface area contributed by atoms with E-state index in [1.165, 1.54) is 13.2 Å². The molecule has 0 bridgehead atoms. The SMILES string of the molecule is CNC(=O)CCNc1ncc(Br)cc1C(F)(F)F. The highest BCUT2D eigenvalue weighted by atomic mass is 79.9. The summed E-state index contributed by atoms with van der Waals surface area (Å²) in [4.78, 5) is 14.6. The number of pyridine rings is 1. The molecule has 0 radical (unpaired) electrons. The van der Waals surface area contributed by atoms with E-state index in [1.54, 1.807) is 0 Å². The smallest absolute Gasteiger partial charge is 0.369 e. The topological polar surface area (TPSA) is 54.0 Å². The molecular weight excluding hydrogens is 315 g/mol. The van der Waals surface area contributed by atoms with Crippen LogP contribution in [0.1, 0.15) is 12.0 Å². The van der Waals surface area contributed by atoms with E-state index in [9.17, 15) is 18.0 Å². The molecule has 0 aliphatic heterocycles. The highest BCUT2D eigenvalue weighted by Crippen LogP contribution is 2.35. The predicted molar refractivity (Wildman–Crippen MR) is 64.1 cm³/mol. The predicted octanol–water partition coefficient (Wildman–Crippen LogP) is 2.41. The van der Waals surface area contributed by atoms with Crippen LogP contribution in [0.5, 0.6) is 0 Å². The second kappa shape index (κ2) is 6.03. The molecule has 0 aliphatic carbocycles. The lowest BCUT2D eigenvalue weighted by molar-refractivity contribution is -0.137. The molecule has 0 fully saturated rings. The molecule has 1 aromatic heterocycles. The first-order chi connectivity index (χ1) is 8.34. The maximum atomic E-state index is 12.7. The Bertz CT molecular complexity index is 437. The van der Waals surface area contributed by atoms with Crippen molar-refractivity contribution < 1.29 is 18.0 Å². The number of halogens is 4. The van der Waals surface area contributed by atoms with Crippen molar-refractivity contribution >= 4 is 27.7 Å². The van der Waals surface area contributed by atoms with E-state index >= 15 is 0 Å². The van der Waals surface area contributed by atoms with E-state index in [4.69, 9.17) is 0 Å². The summed E-state index contributed by atoms with van der Waals surface area (Å²) in [6.07, 6.45) is -3.16. The van der Waals surface area contributed by atoms with Gasteiger partial charge >= 0.3 is 6.18 Å². The molecule has 0 atom stereocenters. The maximum absolute atomic E-state index is 12.7. The highest BCUT2D eigenvalue weighted by Gasteiger charge is 2.34. The Morgan fingerprint density at radius 2 is 2.17 bits per heavy atom. The summed E-state index contributed by atoms with van der Waals surface area (Å²) in [5, 5.41) is 4.88. The average Bonchev–Trinajstić information content (AvgIpc) is 2.29. The fourth-order valence-corrected chi connectivity index (χ4v) is 1.55. The van der Waals surface area contributed by atoms with Crippen LogP contribution in [0.3, 0.4) is 0 Å². The number of hydrogen-bond donors (Lipinski definition) is 2. The van der Waals surface area contributed by atoms with Crippen molar-refractivity contribution in [1.82, 2.24) is 10.3 Å². The van der Waals surface area contributed by atoms with Crippen molar-refractivity contribution in [3.05, 3.63) is 22.3 Å². The van der Waals surface area contributed by atoms with Gasteiger partial charge in [0.25, 0.3) is 0 Å². The minimum Gasteiger partial charge on any atom is -0.369 e. The quantitative estimate of drug-likeness (QED) is 0.893. The molecule has 4 nitrogen and oxygen atoms in total. The van der Waals surface area contributed by atoms with Crippen molar-refractivity contribution in [3.63, 3.8) is 0 Å². The van der Waals surface area contributed by atoms with E-state index in [0.717, 1.165) is 6.07 Å². The zero-order valence-electron chi connectivity index (χ0n) is 9.44. The van der Waals surface area contributed by atoms with E-state index in [2.05, 4.69) is 31.5 Å². The fourth-order valence-electron chi connectivity index (χ4n) is 1.22. The summed E-state index contributed by atoms with van der Waals surface area (Å²) >= 11 is 2.94. The van der Waals surface area contributed by atoms with Gasteiger partial charge in [-0.3, -0.25) is 4.79 Å². The Balaban J connectivity index is 2.79. The molecule has 0 spiro atoms. The molecule has 0 saturated carbocycles. The number of aromatic nitrogens is 1. The second-order valence-corrected chi connectivity index (χ2v) is 4.31. The molecule has 18 heavy (non-hydrogen) atoms. The van der Waals surface area contributed by atoms with Crippen molar-refractivity contribution in [1.29, 1.82) is 0 Å². The summed E-state index contributed by atoms with van der Waals surface area (Å²) < 4.78 is 38.3. The van der Waals surface area contributed by atoms with Gasteiger partial charge < -0.3 is 10.6 Å². The summed E-state index contributed by atoms with van der Waals surface area (Å²) in [5.41, 5.74) is -0.867. The molecule has 0 aliphatic rings. The number of alkyl halides is 3. The molecule has 2 N–H and O–H groups in total. The molecule has 0 unspecified atom stereocenters. The van der Waals surface area contributed by atoms with Crippen LogP contribution in [-0.2, 0) is 11.0 Å². The zero-order chi connectivity index (χ0) is 13.8. The molecule has 100 valence electrons. The zero-order valence-corrected chi connectivity index (χ0v) is 11.0. The summed E-state index contributed by atoms with van der Waals surface area (Å²) in [6.45, 7) is 0.0807. The van der Waals surface area contributed by atoms with E-state index in [-0.39, 0.29) is 29.2 Å². The van der Waals surface area contributed by atoms with Gasteiger partial charge in [-0.2, -0.15) is 13.2 Å². The third-order valence-electron chi connectivity index (χ3n) is 2.08. The van der Waals surface area contributed by atoms with Gasteiger partial charge in [0, 0.05) is 30.7 Å². The number of nitrogens with zero attached hydrogens (tertiary/aromatic N) is 1. The normalized spacial score (nSPS) is 11.2. The van der Waals surface area contributed by atoms with Crippen LogP contribution in [0.25, 0.3) is 0 Å². The lowest BCUT2D eigenvalue weighted by Gasteiger charge is -2.13. The number of rotatable bonds is 4. The van der Waals surface area contributed by atoms with E-state index in [0.29, 0.717) is 0 Å². The first-order valence-electron chi connectivity index (χ1n) is 5.01. The minimum atomic E-state index is -4.49. The number of carbonyl (C=O) groups is 1. The first-order valence-corrected chi connectivity index (χ1v) is 5.81. The Morgan fingerprint density at radius 3 is 2.72 bits per heavy atom. The lowest BCUT2D eigenvalue weighted by atomic mass is 10.2. The van der Waals surface area contributed by atoms with Gasteiger partial charge in [-0.15, -0.1) is 0 Å². The van der Waals surface area contributed by atoms with Crippen LogP contribution < -0.4 is 10.6 Å². The number of hydrogen-bond acceptors (Lipinski definition) is 3. The first kappa shape index (κ1) is 14.7. The Labute approximate surface area is 110 Å². The van der Waals surface area contributed by atoms with Gasteiger partial charge in [-0.1, -0.05) is 0 Å². The van der Waals surface area contributed by atoms with Gasteiger partial charge in [0.05, 0.1) is 5.56 Å². The van der Waals surface area contributed by atoms with Crippen LogP contribution in [0.15, 0.2) is 16.7 Å². The Morgan fingerprint density at radius 1 is 1.50 bits per heavy atom. The molecule has 0 aromatic carbocycles. The van der Waals surface area contributed by atoms with Crippen LogP contribution in [0, 0.1) is 0 Å². The summed E-state index contributed by atoms with van der Waals surface area (Å²) in [7, 11) is 1.46. The number of anilines is 1. The van der Waals surface area contributed by atoms with Gasteiger partial charge in [-0.05, 0) is 22.0 Å². The summed E-state index contributed by atoms with van der Waals surface area (Å²) in [6, 6.07) is 0.940. The third-order valence-corrected chi connectivity index (χ3v) is 2.52. The molecule has 1 aromatic rings. The number of carbonyl (C=O) groups excluding carboxylic acids is 1. The average molecular weight is 326 g/mol. The number of amides is 1. The van der Waals surface area contributed by atoms with Gasteiger partial charge in [0.1, 0.15) is 5.82 Å². The second-order valence-electron chi connectivity index (χ2n) is 3.40. The van der Waals surface area contributed by atoms with Gasteiger partial charge in [-0.25, -0.2) is 4.98 Å². The number of nitrogens with one attached hydrogen (secondary N) is 2. The fraction of sp³-hybridized carbons (Fsp3) is 0.400. The van der Waals surface area contributed by atoms with Crippen LogP contribution in [0.2, 0.25) is 0 Å². The monoisotopic (exact) mass is 325 g/mol. The largest absolute Gasteiger partial charge is 0.419 e. The summed E-state index contributed by atoms with van der Waals surface area (Å²) in [5.74, 6) is -0.539.